The lowest BCUT2D eigenvalue weighted by molar-refractivity contribution is -0.140. The number of aryl methyl sites for hydroxylation is 1. The van der Waals surface area contributed by atoms with Gasteiger partial charge in [-0.1, -0.05) is 0 Å². The normalized spacial score (nSPS) is 26.4. The van der Waals surface area contributed by atoms with Crippen molar-refractivity contribution in [1.82, 2.24) is 10.2 Å². The highest BCUT2D eigenvalue weighted by Crippen LogP contribution is 2.36. The molecule has 4 nitrogen and oxygen atoms in total. The van der Waals surface area contributed by atoms with Crippen LogP contribution in [0.25, 0.3) is 0 Å². The number of carbonyl (C=O) groups is 1. The van der Waals surface area contributed by atoms with Crippen LogP contribution in [-0.4, -0.2) is 50.2 Å². The molecule has 1 aliphatic carbocycles. The first-order valence-corrected chi connectivity index (χ1v) is 8.29. The number of hydrogen-bond donors (Lipinski definition) is 1. The standard InChI is InChI=1S/C15H22N2O2S/c1-16-9-11-10-17(6-7-19-11)15(18)13-3-2-4-14-12(13)5-8-20-14/h5,8,11,13,16H,2-4,6-7,9-10H2,1H3. The molecule has 2 aliphatic rings. The highest BCUT2D eigenvalue weighted by Gasteiger charge is 2.33. The van der Waals surface area contributed by atoms with Crippen molar-refractivity contribution in [2.24, 2.45) is 0 Å². The van der Waals surface area contributed by atoms with Gasteiger partial charge in [0, 0.05) is 24.5 Å². The van der Waals surface area contributed by atoms with Crippen LogP contribution >= 0.6 is 11.3 Å². The van der Waals surface area contributed by atoms with E-state index in [0.717, 1.165) is 38.9 Å². The average Bonchev–Trinajstić information content (AvgIpc) is 2.95. The fraction of sp³-hybridized carbons (Fsp3) is 0.667. The number of rotatable bonds is 3. The van der Waals surface area contributed by atoms with Crippen LogP contribution in [-0.2, 0) is 16.0 Å². The Kier molecular flexibility index (Phi) is 4.38. The van der Waals surface area contributed by atoms with Crippen LogP contribution in [0.3, 0.4) is 0 Å². The maximum absolute atomic E-state index is 12.8. The molecule has 3 rings (SSSR count). The van der Waals surface area contributed by atoms with E-state index in [0.29, 0.717) is 12.5 Å². The van der Waals surface area contributed by atoms with Crippen LogP contribution in [0, 0.1) is 0 Å². The summed E-state index contributed by atoms with van der Waals surface area (Å²) < 4.78 is 5.69. The molecule has 0 saturated carbocycles. The number of amides is 1. The lowest BCUT2D eigenvalue weighted by atomic mass is 9.86. The van der Waals surface area contributed by atoms with Gasteiger partial charge in [-0.05, 0) is 43.3 Å². The molecule has 0 spiro atoms. The van der Waals surface area contributed by atoms with Gasteiger partial charge in [0.1, 0.15) is 0 Å². The minimum atomic E-state index is 0.0818. The summed E-state index contributed by atoms with van der Waals surface area (Å²) in [6.07, 6.45) is 3.40. The molecule has 2 atom stereocenters. The number of hydrogen-bond acceptors (Lipinski definition) is 4. The third-order valence-electron chi connectivity index (χ3n) is 4.23. The summed E-state index contributed by atoms with van der Waals surface area (Å²) in [6.45, 7) is 2.91. The Labute approximate surface area is 124 Å². The molecular formula is C15H22N2O2S. The molecule has 0 bridgehead atoms. The fourth-order valence-corrected chi connectivity index (χ4v) is 4.22. The van der Waals surface area contributed by atoms with Crippen LogP contribution in [0.5, 0.6) is 0 Å². The highest BCUT2D eigenvalue weighted by atomic mass is 32.1. The topological polar surface area (TPSA) is 41.6 Å². The van der Waals surface area contributed by atoms with E-state index in [1.807, 2.05) is 11.9 Å². The van der Waals surface area contributed by atoms with Crippen LogP contribution in [0.4, 0.5) is 0 Å². The summed E-state index contributed by atoms with van der Waals surface area (Å²) in [5.41, 5.74) is 1.28. The Hall–Kier alpha value is -0.910. The minimum absolute atomic E-state index is 0.0818. The van der Waals surface area contributed by atoms with Crippen LogP contribution < -0.4 is 5.32 Å². The van der Waals surface area contributed by atoms with Crippen molar-refractivity contribution in [3.8, 4) is 0 Å². The number of likely N-dealkylation sites (N-methyl/N-ethyl adjacent to an activating group) is 1. The number of ether oxygens (including phenoxy) is 1. The van der Waals surface area contributed by atoms with E-state index < -0.39 is 0 Å². The molecular weight excluding hydrogens is 272 g/mol. The molecule has 0 aromatic carbocycles. The van der Waals surface area contributed by atoms with E-state index in [1.165, 1.54) is 10.4 Å². The molecule has 20 heavy (non-hydrogen) atoms. The molecule has 1 aromatic rings. The summed E-state index contributed by atoms with van der Waals surface area (Å²) >= 11 is 1.80. The van der Waals surface area contributed by atoms with Gasteiger partial charge in [0.05, 0.1) is 18.6 Å². The van der Waals surface area contributed by atoms with Gasteiger partial charge < -0.3 is 15.0 Å². The van der Waals surface area contributed by atoms with Crippen LogP contribution in [0.1, 0.15) is 29.2 Å². The van der Waals surface area contributed by atoms with Crippen molar-refractivity contribution in [2.45, 2.75) is 31.3 Å². The van der Waals surface area contributed by atoms with Gasteiger partial charge in [0.15, 0.2) is 0 Å². The largest absolute Gasteiger partial charge is 0.373 e. The monoisotopic (exact) mass is 294 g/mol. The van der Waals surface area contributed by atoms with Crippen molar-refractivity contribution < 1.29 is 9.53 Å². The average molecular weight is 294 g/mol. The molecule has 110 valence electrons. The SMILES string of the molecule is CNCC1CN(C(=O)C2CCCc3sccc32)CCO1. The molecule has 5 heteroatoms. The van der Waals surface area contributed by atoms with Crippen molar-refractivity contribution in [1.29, 1.82) is 0 Å². The van der Waals surface area contributed by atoms with Gasteiger partial charge in [0.2, 0.25) is 5.91 Å². The molecule has 2 unspecified atom stereocenters. The Morgan fingerprint density at radius 3 is 3.35 bits per heavy atom. The number of fused-ring (bicyclic) bond motifs is 1. The Bertz CT molecular complexity index is 472. The summed E-state index contributed by atoms with van der Waals surface area (Å²) in [6, 6.07) is 2.15. The van der Waals surface area contributed by atoms with Gasteiger partial charge in [-0.2, -0.15) is 0 Å². The first-order valence-electron chi connectivity index (χ1n) is 7.41. The Morgan fingerprint density at radius 2 is 2.50 bits per heavy atom. The van der Waals surface area contributed by atoms with Crippen molar-refractivity contribution in [3.05, 3.63) is 21.9 Å². The van der Waals surface area contributed by atoms with E-state index >= 15 is 0 Å². The number of thiophene rings is 1. The summed E-state index contributed by atoms with van der Waals surface area (Å²) in [4.78, 5) is 16.2. The summed E-state index contributed by atoms with van der Waals surface area (Å²) in [5.74, 6) is 0.382. The second-order valence-corrected chi connectivity index (χ2v) is 6.58. The smallest absolute Gasteiger partial charge is 0.230 e. The van der Waals surface area contributed by atoms with E-state index in [4.69, 9.17) is 4.74 Å². The minimum Gasteiger partial charge on any atom is -0.373 e. The van der Waals surface area contributed by atoms with Crippen molar-refractivity contribution in [2.75, 3.05) is 33.3 Å². The first-order chi connectivity index (χ1) is 9.79. The molecule has 1 amide bonds. The third-order valence-corrected chi connectivity index (χ3v) is 5.23. The zero-order valence-corrected chi connectivity index (χ0v) is 12.7. The Morgan fingerprint density at radius 1 is 1.60 bits per heavy atom. The van der Waals surface area contributed by atoms with E-state index in [2.05, 4.69) is 16.8 Å². The van der Waals surface area contributed by atoms with Gasteiger partial charge in [-0.15, -0.1) is 11.3 Å². The molecule has 0 radical (unpaired) electrons. The second-order valence-electron chi connectivity index (χ2n) is 5.58. The highest BCUT2D eigenvalue weighted by molar-refractivity contribution is 7.10. The van der Waals surface area contributed by atoms with Gasteiger partial charge in [-0.3, -0.25) is 4.79 Å². The van der Waals surface area contributed by atoms with Crippen LogP contribution in [0.2, 0.25) is 0 Å². The second kappa shape index (κ2) is 6.24. The predicted octanol–water partition coefficient (Wildman–Crippen LogP) is 1.61. The first kappa shape index (κ1) is 14.0. The molecule has 1 N–H and O–H groups in total. The number of nitrogens with one attached hydrogen (secondary N) is 1. The van der Waals surface area contributed by atoms with Crippen molar-refractivity contribution in [3.63, 3.8) is 0 Å². The third kappa shape index (κ3) is 2.75. The predicted molar refractivity (Wildman–Crippen MR) is 80.2 cm³/mol. The van der Waals surface area contributed by atoms with Crippen LogP contribution in [0.15, 0.2) is 11.4 Å². The lowest BCUT2D eigenvalue weighted by Gasteiger charge is -2.36. The zero-order valence-electron chi connectivity index (χ0n) is 11.9. The molecule has 1 aromatic heterocycles. The molecule has 2 heterocycles. The summed E-state index contributed by atoms with van der Waals surface area (Å²) in [7, 11) is 1.92. The lowest BCUT2D eigenvalue weighted by Crippen LogP contribution is -2.50. The Balaban J connectivity index is 1.70. The van der Waals surface area contributed by atoms with Gasteiger partial charge in [-0.25, -0.2) is 0 Å². The maximum Gasteiger partial charge on any atom is 0.230 e. The van der Waals surface area contributed by atoms with E-state index in [-0.39, 0.29) is 12.0 Å². The van der Waals surface area contributed by atoms with E-state index in [1.54, 1.807) is 11.3 Å². The zero-order chi connectivity index (χ0) is 13.9. The van der Waals surface area contributed by atoms with Crippen molar-refractivity contribution >= 4 is 17.2 Å². The maximum atomic E-state index is 12.8. The quantitative estimate of drug-likeness (QED) is 0.921. The molecule has 1 fully saturated rings. The fourth-order valence-electron chi connectivity index (χ4n) is 3.23. The number of morpholine rings is 1. The van der Waals surface area contributed by atoms with Gasteiger partial charge >= 0.3 is 0 Å². The number of carbonyl (C=O) groups excluding carboxylic acids is 1. The van der Waals surface area contributed by atoms with Gasteiger partial charge in [0.25, 0.3) is 0 Å². The molecule has 1 saturated heterocycles. The molecule has 1 aliphatic heterocycles. The van der Waals surface area contributed by atoms with E-state index in [9.17, 15) is 4.79 Å². The number of nitrogens with zero attached hydrogens (tertiary/aromatic N) is 1. The summed E-state index contributed by atoms with van der Waals surface area (Å²) in [5, 5.41) is 5.25.